The number of quaternary nitrogens is 1. The van der Waals surface area contributed by atoms with Crippen LogP contribution in [0.25, 0.3) is 5.69 Å². The van der Waals surface area contributed by atoms with Crippen molar-refractivity contribution in [3.8, 4) is 17.2 Å². The molecule has 152 valence electrons. The van der Waals surface area contributed by atoms with E-state index in [-0.39, 0.29) is 0 Å². The lowest BCUT2D eigenvalue weighted by Gasteiger charge is -2.26. The summed E-state index contributed by atoms with van der Waals surface area (Å²) in [5, 5.41) is 8.53. The average Bonchev–Trinajstić information content (AvgIpc) is 3.10. The number of hydrogen-bond acceptors (Lipinski definition) is 5. The first-order valence-electron chi connectivity index (χ1n) is 10.0. The Labute approximate surface area is 175 Å². The van der Waals surface area contributed by atoms with Crippen LogP contribution in [0.5, 0.6) is 11.5 Å². The lowest BCUT2D eigenvalue weighted by molar-refractivity contribution is -0.939. The van der Waals surface area contributed by atoms with Crippen molar-refractivity contribution in [2.24, 2.45) is 0 Å². The lowest BCUT2D eigenvalue weighted by Crippen LogP contribution is -3.11. The zero-order chi connectivity index (χ0) is 20.2. The van der Waals surface area contributed by atoms with Crippen molar-refractivity contribution in [1.29, 1.82) is 0 Å². The maximum atomic E-state index is 5.80. The highest BCUT2D eigenvalue weighted by molar-refractivity contribution is 7.71. The molecule has 1 aromatic heterocycles. The van der Waals surface area contributed by atoms with Gasteiger partial charge in [-0.2, -0.15) is 9.36 Å². The number of tetrazole rings is 1. The van der Waals surface area contributed by atoms with Crippen LogP contribution in [0.1, 0.15) is 25.0 Å². The van der Waals surface area contributed by atoms with E-state index < -0.39 is 0 Å². The van der Waals surface area contributed by atoms with Gasteiger partial charge in [-0.15, -0.1) is 0 Å². The van der Waals surface area contributed by atoms with Crippen molar-refractivity contribution in [2.45, 2.75) is 33.5 Å². The Morgan fingerprint density at radius 1 is 1.00 bits per heavy atom. The van der Waals surface area contributed by atoms with Crippen LogP contribution in [0.15, 0.2) is 42.5 Å². The molecule has 1 aliphatic rings. The predicted octanol–water partition coefficient (Wildman–Crippen LogP) is 2.19. The van der Waals surface area contributed by atoms with Crippen LogP contribution in [-0.2, 0) is 19.6 Å². The van der Waals surface area contributed by atoms with E-state index >= 15 is 0 Å². The van der Waals surface area contributed by atoms with Crippen LogP contribution >= 0.6 is 12.2 Å². The van der Waals surface area contributed by atoms with Crippen LogP contribution in [-0.4, -0.2) is 39.5 Å². The molecule has 0 amide bonds. The molecule has 2 aromatic carbocycles. The van der Waals surface area contributed by atoms with E-state index in [4.69, 9.17) is 21.7 Å². The third kappa shape index (κ3) is 4.18. The maximum absolute atomic E-state index is 5.80. The Morgan fingerprint density at radius 2 is 1.69 bits per heavy atom. The van der Waals surface area contributed by atoms with Crippen molar-refractivity contribution in [2.75, 3.05) is 19.8 Å². The summed E-state index contributed by atoms with van der Waals surface area (Å²) in [7, 11) is 0. The number of fused-ring (bicyclic) bond motifs is 1. The highest BCUT2D eigenvalue weighted by Gasteiger charge is 2.23. The second-order valence-corrected chi connectivity index (χ2v) is 7.39. The van der Waals surface area contributed by atoms with Crippen LogP contribution in [0.3, 0.4) is 0 Å². The summed E-state index contributed by atoms with van der Waals surface area (Å²) in [6.07, 6.45) is 0.983. The molecule has 0 saturated heterocycles. The van der Waals surface area contributed by atoms with Gasteiger partial charge in [-0.3, -0.25) is 0 Å². The largest absolute Gasteiger partial charge is 0.490 e. The Bertz CT molecular complexity index is 1030. The maximum Gasteiger partial charge on any atom is 0.225 e. The van der Waals surface area contributed by atoms with E-state index in [2.05, 4.69) is 22.6 Å². The first-order chi connectivity index (χ1) is 14.2. The molecule has 3 aromatic rings. The van der Waals surface area contributed by atoms with Crippen LogP contribution in [0, 0.1) is 4.77 Å². The van der Waals surface area contributed by atoms with Gasteiger partial charge in [0.05, 0.1) is 25.4 Å². The minimum atomic E-state index is 0.608. The fourth-order valence-corrected chi connectivity index (χ4v) is 3.94. The van der Waals surface area contributed by atoms with Crippen LogP contribution < -0.4 is 14.4 Å². The zero-order valence-corrected chi connectivity index (χ0v) is 17.6. The molecule has 0 saturated carbocycles. The Balaban J connectivity index is 1.53. The number of nitrogens with one attached hydrogen (secondary N) is 1. The Morgan fingerprint density at radius 3 is 2.38 bits per heavy atom. The van der Waals surface area contributed by atoms with Gasteiger partial charge in [-0.1, -0.05) is 18.2 Å². The molecule has 1 unspecified atom stereocenters. The van der Waals surface area contributed by atoms with Crippen molar-refractivity contribution < 1.29 is 14.4 Å². The molecule has 1 atom stereocenters. The summed E-state index contributed by atoms with van der Waals surface area (Å²) < 4.78 is 15.7. The van der Waals surface area contributed by atoms with E-state index in [1.807, 2.05) is 44.2 Å². The van der Waals surface area contributed by atoms with Gasteiger partial charge in [0.15, 0.2) is 18.2 Å². The standard InChI is InChI=1S/C21H25N5O2S/c1-3-27-19-12-16-10-11-24(14-17(16)13-20(19)28-4-2)15-25-21(29)26(23-22-25)18-8-6-5-7-9-18/h5-9,12-13H,3-4,10-11,14-15H2,1-2H3/p+1. The van der Waals surface area contributed by atoms with Crippen molar-refractivity contribution in [3.63, 3.8) is 0 Å². The predicted molar refractivity (Wildman–Crippen MR) is 112 cm³/mol. The molecular formula is C21H26N5O2S+. The number of aromatic nitrogens is 4. The first-order valence-corrected chi connectivity index (χ1v) is 10.4. The molecule has 2 heterocycles. The second-order valence-electron chi connectivity index (χ2n) is 7.03. The highest BCUT2D eigenvalue weighted by Crippen LogP contribution is 2.32. The highest BCUT2D eigenvalue weighted by atomic mass is 32.1. The molecule has 7 nitrogen and oxygen atoms in total. The van der Waals surface area contributed by atoms with Crippen LogP contribution in [0.2, 0.25) is 0 Å². The third-order valence-corrected chi connectivity index (χ3v) is 5.45. The molecular weight excluding hydrogens is 386 g/mol. The molecule has 0 bridgehead atoms. The SMILES string of the molecule is CCOc1cc2c(cc1OCC)C[NH+](Cn1nnn(-c3ccccc3)c1=S)CC2. The van der Waals surface area contributed by atoms with Crippen molar-refractivity contribution in [1.82, 2.24) is 19.8 Å². The Hall–Kier alpha value is -2.71. The van der Waals surface area contributed by atoms with E-state index in [0.717, 1.165) is 36.7 Å². The van der Waals surface area contributed by atoms with E-state index in [1.54, 1.807) is 9.36 Å². The summed E-state index contributed by atoms with van der Waals surface area (Å²) in [6, 6.07) is 14.1. The van der Waals surface area contributed by atoms with Gasteiger partial charge in [0.25, 0.3) is 0 Å². The number of nitrogens with zero attached hydrogens (tertiary/aromatic N) is 4. The molecule has 8 heteroatoms. The van der Waals surface area contributed by atoms with Gasteiger partial charge in [0.2, 0.25) is 4.77 Å². The number of para-hydroxylation sites is 1. The molecule has 1 aliphatic heterocycles. The topological polar surface area (TPSA) is 58.5 Å². The Kier molecular flexibility index (Phi) is 5.92. The fraction of sp³-hybridized carbons (Fsp3) is 0.381. The fourth-order valence-electron chi connectivity index (χ4n) is 3.70. The van der Waals surface area contributed by atoms with E-state index in [9.17, 15) is 0 Å². The van der Waals surface area contributed by atoms with Gasteiger partial charge in [-0.05, 0) is 66.3 Å². The van der Waals surface area contributed by atoms with Gasteiger partial charge in [0.1, 0.15) is 6.54 Å². The minimum Gasteiger partial charge on any atom is -0.490 e. The summed E-state index contributed by atoms with van der Waals surface area (Å²) in [5.41, 5.74) is 3.55. The summed E-state index contributed by atoms with van der Waals surface area (Å²) in [6.45, 7) is 7.81. The van der Waals surface area contributed by atoms with Gasteiger partial charge in [0, 0.05) is 12.0 Å². The molecule has 0 aliphatic carbocycles. The average molecular weight is 413 g/mol. The number of benzene rings is 2. The molecule has 0 spiro atoms. The normalized spacial score (nSPS) is 15.7. The van der Waals surface area contributed by atoms with Crippen molar-refractivity contribution >= 4 is 12.2 Å². The number of hydrogen-bond donors (Lipinski definition) is 1. The number of rotatable bonds is 7. The molecule has 0 radical (unpaired) electrons. The molecule has 4 rings (SSSR count). The number of ether oxygens (including phenoxy) is 2. The molecule has 0 fully saturated rings. The molecule has 1 N–H and O–H groups in total. The zero-order valence-electron chi connectivity index (χ0n) is 16.8. The monoisotopic (exact) mass is 412 g/mol. The lowest BCUT2D eigenvalue weighted by atomic mass is 9.99. The van der Waals surface area contributed by atoms with Gasteiger partial charge >= 0.3 is 0 Å². The van der Waals surface area contributed by atoms with E-state index in [1.165, 1.54) is 16.0 Å². The van der Waals surface area contributed by atoms with Gasteiger partial charge in [-0.25, -0.2) is 0 Å². The second kappa shape index (κ2) is 8.75. The first kappa shape index (κ1) is 19.6. The quantitative estimate of drug-likeness (QED) is 0.603. The molecule has 29 heavy (non-hydrogen) atoms. The summed E-state index contributed by atoms with van der Waals surface area (Å²) in [4.78, 5) is 1.39. The summed E-state index contributed by atoms with van der Waals surface area (Å²) in [5.74, 6) is 1.66. The summed E-state index contributed by atoms with van der Waals surface area (Å²) >= 11 is 5.61. The minimum absolute atomic E-state index is 0.608. The van der Waals surface area contributed by atoms with Gasteiger partial charge < -0.3 is 14.4 Å². The third-order valence-electron chi connectivity index (χ3n) is 5.07. The van der Waals surface area contributed by atoms with Crippen LogP contribution in [0.4, 0.5) is 0 Å². The van der Waals surface area contributed by atoms with Crippen molar-refractivity contribution in [3.05, 3.63) is 58.4 Å². The van der Waals surface area contributed by atoms with E-state index in [0.29, 0.717) is 24.7 Å². The smallest absolute Gasteiger partial charge is 0.225 e.